The predicted molar refractivity (Wildman–Crippen MR) is 93.5 cm³/mol. The van der Waals surface area contributed by atoms with Gasteiger partial charge in [0, 0.05) is 12.1 Å². The molecule has 132 valence electrons. The third-order valence-electron chi connectivity index (χ3n) is 4.63. The number of hydrogen-bond acceptors (Lipinski definition) is 3. The zero-order valence-electron chi connectivity index (χ0n) is 14.4. The van der Waals surface area contributed by atoms with Gasteiger partial charge in [0.2, 0.25) is 0 Å². The van der Waals surface area contributed by atoms with Gasteiger partial charge in [-0.2, -0.15) is 0 Å². The summed E-state index contributed by atoms with van der Waals surface area (Å²) in [6, 6.07) is 10.7. The van der Waals surface area contributed by atoms with Crippen molar-refractivity contribution in [3.63, 3.8) is 0 Å². The molecule has 1 aliphatic heterocycles. The van der Waals surface area contributed by atoms with Crippen LogP contribution in [-0.4, -0.2) is 28.4 Å². The van der Waals surface area contributed by atoms with Crippen LogP contribution in [0.5, 0.6) is 0 Å². The molecule has 0 radical (unpaired) electrons. The monoisotopic (exact) mass is 341 g/mol. The Labute approximate surface area is 147 Å². The van der Waals surface area contributed by atoms with Crippen molar-refractivity contribution in [2.45, 2.75) is 45.1 Å². The highest BCUT2D eigenvalue weighted by atomic mass is 16.4. The van der Waals surface area contributed by atoms with E-state index in [-0.39, 0.29) is 18.4 Å². The first kappa shape index (κ1) is 17.3. The highest BCUT2D eigenvalue weighted by Crippen LogP contribution is 2.32. The number of nitrogens with zero attached hydrogens (tertiary/aromatic N) is 1. The van der Waals surface area contributed by atoms with Gasteiger partial charge in [0.25, 0.3) is 5.91 Å². The molecule has 1 amide bonds. The molecule has 1 aromatic carbocycles. The van der Waals surface area contributed by atoms with Gasteiger partial charge in [-0.15, -0.1) is 0 Å². The molecule has 1 aliphatic rings. The molecule has 5 heteroatoms. The molecule has 2 heterocycles. The van der Waals surface area contributed by atoms with Gasteiger partial charge in [0.1, 0.15) is 11.5 Å². The fraction of sp³-hybridized carbons (Fsp3) is 0.400. The summed E-state index contributed by atoms with van der Waals surface area (Å²) in [6.07, 6.45) is 3.93. The molecule has 0 aliphatic carbocycles. The van der Waals surface area contributed by atoms with Crippen LogP contribution in [-0.2, 0) is 11.2 Å². The highest BCUT2D eigenvalue weighted by Gasteiger charge is 2.29. The van der Waals surface area contributed by atoms with E-state index < -0.39 is 5.97 Å². The average molecular weight is 341 g/mol. The number of benzene rings is 1. The van der Waals surface area contributed by atoms with Crippen LogP contribution in [0.3, 0.4) is 0 Å². The zero-order chi connectivity index (χ0) is 17.8. The standard InChI is InChI=1S/C20H23NO4/c1-14-9-10-18(25-14)17-8-3-2-4-11-21(17)20(24)16-7-5-6-15(12-16)13-19(22)23/h5-7,9-10,12,17H,2-4,8,11,13H2,1H3,(H,22,23). The molecule has 1 atom stereocenters. The summed E-state index contributed by atoms with van der Waals surface area (Å²) >= 11 is 0. The molecule has 2 aromatic rings. The van der Waals surface area contributed by atoms with Gasteiger partial charge in [0.05, 0.1) is 12.5 Å². The second-order valence-corrected chi connectivity index (χ2v) is 6.58. The lowest BCUT2D eigenvalue weighted by molar-refractivity contribution is -0.136. The van der Waals surface area contributed by atoms with Gasteiger partial charge in [-0.05, 0) is 49.6 Å². The van der Waals surface area contributed by atoms with Crippen molar-refractivity contribution in [1.29, 1.82) is 0 Å². The summed E-state index contributed by atoms with van der Waals surface area (Å²) in [6.45, 7) is 2.59. The van der Waals surface area contributed by atoms with Gasteiger partial charge < -0.3 is 14.4 Å². The Morgan fingerprint density at radius 3 is 2.76 bits per heavy atom. The number of likely N-dealkylation sites (tertiary alicyclic amines) is 1. The minimum atomic E-state index is -0.900. The minimum Gasteiger partial charge on any atom is -0.481 e. The quantitative estimate of drug-likeness (QED) is 0.913. The molecule has 1 aromatic heterocycles. The molecular weight excluding hydrogens is 318 g/mol. The van der Waals surface area contributed by atoms with Crippen LogP contribution < -0.4 is 0 Å². The number of rotatable bonds is 4. The third-order valence-corrected chi connectivity index (χ3v) is 4.63. The average Bonchev–Trinajstić information content (AvgIpc) is 2.86. The summed E-state index contributed by atoms with van der Waals surface area (Å²) < 4.78 is 5.80. The van der Waals surface area contributed by atoms with Gasteiger partial charge in [-0.25, -0.2) is 0 Å². The fourth-order valence-corrected chi connectivity index (χ4v) is 3.43. The Hall–Kier alpha value is -2.56. The van der Waals surface area contributed by atoms with Gasteiger partial charge in [-0.1, -0.05) is 25.0 Å². The van der Waals surface area contributed by atoms with Crippen molar-refractivity contribution in [2.75, 3.05) is 6.54 Å². The largest absolute Gasteiger partial charge is 0.481 e. The van der Waals surface area contributed by atoms with Gasteiger partial charge in [-0.3, -0.25) is 9.59 Å². The summed E-state index contributed by atoms with van der Waals surface area (Å²) in [4.78, 5) is 25.9. The number of hydrogen-bond donors (Lipinski definition) is 1. The lowest BCUT2D eigenvalue weighted by Crippen LogP contribution is -2.34. The fourth-order valence-electron chi connectivity index (χ4n) is 3.43. The first-order valence-electron chi connectivity index (χ1n) is 8.72. The molecule has 1 saturated heterocycles. The Kier molecular flexibility index (Phi) is 5.22. The van der Waals surface area contributed by atoms with Gasteiger partial charge >= 0.3 is 5.97 Å². The van der Waals surface area contributed by atoms with Gasteiger partial charge in [0.15, 0.2) is 0 Å². The van der Waals surface area contributed by atoms with Crippen LogP contribution in [0.15, 0.2) is 40.8 Å². The Bertz CT molecular complexity index is 765. The smallest absolute Gasteiger partial charge is 0.307 e. The maximum absolute atomic E-state index is 13.1. The van der Waals surface area contributed by atoms with E-state index in [1.807, 2.05) is 24.0 Å². The molecule has 1 unspecified atom stereocenters. The molecule has 3 rings (SSSR count). The minimum absolute atomic E-state index is 0.0619. The topological polar surface area (TPSA) is 70.8 Å². The second kappa shape index (κ2) is 7.55. The van der Waals surface area contributed by atoms with Crippen LogP contribution >= 0.6 is 0 Å². The number of carbonyl (C=O) groups is 2. The molecule has 1 fully saturated rings. The van der Waals surface area contributed by atoms with E-state index >= 15 is 0 Å². The Balaban J connectivity index is 1.88. The predicted octanol–water partition coefficient (Wildman–Crippen LogP) is 3.97. The number of carbonyl (C=O) groups excluding carboxylic acids is 1. The Morgan fingerprint density at radius 2 is 2.04 bits per heavy atom. The summed E-state index contributed by atoms with van der Waals surface area (Å²) in [7, 11) is 0. The SMILES string of the molecule is Cc1ccc(C2CCCCCN2C(=O)c2cccc(CC(=O)O)c2)o1. The zero-order valence-corrected chi connectivity index (χ0v) is 14.4. The normalized spacial score (nSPS) is 18.0. The van der Waals surface area contributed by atoms with E-state index in [0.717, 1.165) is 37.2 Å². The molecule has 25 heavy (non-hydrogen) atoms. The maximum atomic E-state index is 13.1. The van der Waals surface area contributed by atoms with Crippen LogP contribution in [0.1, 0.15) is 59.2 Å². The number of aryl methyl sites for hydroxylation is 1. The molecule has 0 spiro atoms. The van der Waals surface area contributed by atoms with Crippen molar-refractivity contribution in [2.24, 2.45) is 0 Å². The lowest BCUT2D eigenvalue weighted by atomic mass is 10.0. The number of aliphatic carboxylic acids is 1. The van der Waals surface area contributed by atoms with E-state index in [0.29, 0.717) is 17.7 Å². The van der Waals surface area contributed by atoms with Crippen molar-refractivity contribution in [3.8, 4) is 0 Å². The van der Waals surface area contributed by atoms with Crippen LogP contribution in [0, 0.1) is 6.92 Å². The van der Waals surface area contributed by atoms with Crippen molar-refractivity contribution < 1.29 is 19.1 Å². The number of carboxylic acids is 1. The van der Waals surface area contributed by atoms with E-state index in [4.69, 9.17) is 9.52 Å². The first-order chi connectivity index (χ1) is 12.0. The maximum Gasteiger partial charge on any atom is 0.307 e. The summed E-state index contributed by atoms with van der Waals surface area (Å²) in [5.41, 5.74) is 1.17. The number of carboxylic acid groups (broad SMARTS) is 1. The van der Waals surface area contributed by atoms with Crippen molar-refractivity contribution >= 4 is 11.9 Å². The summed E-state index contributed by atoms with van der Waals surface area (Å²) in [5, 5.41) is 8.97. The van der Waals surface area contributed by atoms with Crippen LogP contribution in [0.25, 0.3) is 0 Å². The van der Waals surface area contributed by atoms with Crippen LogP contribution in [0.2, 0.25) is 0 Å². The lowest BCUT2D eigenvalue weighted by Gasteiger charge is -2.29. The van der Waals surface area contributed by atoms with Crippen LogP contribution in [0.4, 0.5) is 0 Å². The molecule has 0 saturated carbocycles. The highest BCUT2D eigenvalue weighted by molar-refractivity contribution is 5.94. The summed E-state index contributed by atoms with van der Waals surface area (Å²) in [5.74, 6) is 0.709. The Morgan fingerprint density at radius 1 is 1.20 bits per heavy atom. The van der Waals surface area contributed by atoms with E-state index in [9.17, 15) is 9.59 Å². The number of furan rings is 1. The van der Waals surface area contributed by atoms with Crippen molar-refractivity contribution in [1.82, 2.24) is 4.90 Å². The molecular formula is C20H23NO4. The second-order valence-electron chi connectivity index (χ2n) is 6.58. The van der Waals surface area contributed by atoms with Crippen molar-refractivity contribution in [3.05, 3.63) is 59.0 Å². The molecule has 0 bridgehead atoms. The third kappa shape index (κ3) is 4.10. The first-order valence-corrected chi connectivity index (χ1v) is 8.72. The van der Waals surface area contributed by atoms with E-state index in [1.54, 1.807) is 24.3 Å². The molecule has 1 N–H and O–H groups in total. The number of amides is 1. The van der Waals surface area contributed by atoms with E-state index in [2.05, 4.69) is 0 Å². The molecule has 5 nitrogen and oxygen atoms in total. The van der Waals surface area contributed by atoms with E-state index in [1.165, 1.54) is 0 Å².